The Morgan fingerprint density at radius 3 is 1.41 bits per heavy atom. The molecule has 14 rings (SSSR count). The van der Waals surface area contributed by atoms with E-state index >= 15 is 0 Å². The Morgan fingerprint density at radius 2 is 0.770 bits per heavy atom. The van der Waals surface area contributed by atoms with Crippen molar-refractivity contribution >= 4 is 28.7 Å². The van der Waals surface area contributed by atoms with E-state index in [1.165, 1.54) is 55.9 Å². The van der Waals surface area contributed by atoms with Crippen LogP contribution in [0.25, 0.3) is 55.6 Å². The van der Waals surface area contributed by atoms with Gasteiger partial charge in [0.05, 0.1) is 16.8 Å². The third-order valence-electron chi connectivity index (χ3n) is 15.2. The summed E-state index contributed by atoms with van der Waals surface area (Å²) in [4.78, 5) is 13.0. The fourth-order valence-corrected chi connectivity index (χ4v) is 11.8. The van der Waals surface area contributed by atoms with Crippen molar-refractivity contribution in [2.75, 3.05) is 4.90 Å². The highest BCUT2D eigenvalue weighted by molar-refractivity contribution is 6.13. The monoisotopic (exact) mass is 944 g/mol. The van der Waals surface area contributed by atoms with Crippen LogP contribution < -0.4 is 10.2 Å². The van der Waals surface area contributed by atoms with Gasteiger partial charge in [-0.05, 0) is 120 Å². The van der Waals surface area contributed by atoms with Crippen LogP contribution in [0.5, 0.6) is 0 Å². The van der Waals surface area contributed by atoms with E-state index in [0.717, 1.165) is 61.6 Å². The summed E-state index contributed by atoms with van der Waals surface area (Å²) in [5.74, 6) is 1.46. The number of fused-ring (bicyclic) bond motifs is 9. The average Bonchev–Trinajstić information content (AvgIpc) is 3.78. The van der Waals surface area contributed by atoms with Gasteiger partial charge in [-0.3, -0.25) is 0 Å². The summed E-state index contributed by atoms with van der Waals surface area (Å²) in [5.41, 5.74) is 22.9. The second-order valence-electron chi connectivity index (χ2n) is 19.3. The van der Waals surface area contributed by atoms with E-state index in [4.69, 9.17) is 9.98 Å². The number of nitrogens with zero attached hydrogens (tertiary/aromatic N) is 3. The van der Waals surface area contributed by atoms with E-state index in [-0.39, 0.29) is 6.17 Å². The highest BCUT2D eigenvalue weighted by Gasteiger charge is 2.51. The zero-order valence-corrected chi connectivity index (χ0v) is 40.5. The van der Waals surface area contributed by atoms with Crippen molar-refractivity contribution in [2.24, 2.45) is 9.98 Å². The lowest BCUT2D eigenvalue weighted by molar-refractivity contribution is 0.674. The molecule has 1 aliphatic carbocycles. The predicted molar refractivity (Wildman–Crippen MR) is 306 cm³/mol. The Bertz CT molecular complexity index is 3920. The molecule has 1 unspecified atom stereocenters. The first-order valence-electron chi connectivity index (χ1n) is 25.4. The van der Waals surface area contributed by atoms with Crippen LogP contribution in [-0.4, -0.2) is 11.7 Å². The van der Waals surface area contributed by atoms with E-state index in [0.29, 0.717) is 5.84 Å². The second kappa shape index (κ2) is 17.9. The van der Waals surface area contributed by atoms with Crippen LogP contribution >= 0.6 is 0 Å². The molecule has 2 heterocycles. The average molecular weight is 945 g/mol. The third-order valence-corrected chi connectivity index (χ3v) is 15.2. The first kappa shape index (κ1) is 43.2. The van der Waals surface area contributed by atoms with E-state index in [1.807, 2.05) is 6.07 Å². The zero-order valence-electron chi connectivity index (χ0n) is 40.5. The van der Waals surface area contributed by atoms with Gasteiger partial charge in [-0.2, -0.15) is 0 Å². The summed E-state index contributed by atoms with van der Waals surface area (Å²) in [7, 11) is 0. The van der Waals surface area contributed by atoms with E-state index in [9.17, 15) is 0 Å². The van der Waals surface area contributed by atoms with Crippen molar-refractivity contribution in [3.05, 3.63) is 318 Å². The first-order valence-corrected chi connectivity index (χ1v) is 25.4. The molecule has 0 saturated carbocycles. The molecule has 0 aromatic heterocycles. The molecule has 0 amide bonds. The minimum absolute atomic E-state index is 0.357. The molecule has 1 N–H and O–H groups in total. The molecule has 0 bridgehead atoms. The SMILES string of the molecule is c1ccc(-c2ccc(C3=NC(c4ccc(-c5ccccc5)cc4)NC(c4cccc(-c5ccccc5-c5ccc6c(c5)C5(c7ccccc7-6)c6ccccc6N(c6ccccc6)c6ccccc65)c4)=N3)cc2)cc1. The van der Waals surface area contributed by atoms with Crippen LogP contribution in [0.15, 0.2) is 289 Å². The molecule has 11 aromatic rings. The van der Waals surface area contributed by atoms with E-state index < -0.39 is 5.41 Å². The molecule has 11 aromatic carbocycles. The van der Waals surface area contributed by atoms with E-state index in [1.54, 1.807) is 0 Å². The molecule has 0 saturated heterocycles. The van der Waals surface area contributed by atoms with Gasteiger partial charge >= 0.3 is 0 Å². The Balaban J connectivity index is 0.872. The molecule has 0 radical (unpaired) electrons. The van der Waals surface area contributed by atoms with Gasteiger partial charge in [-0.15, -0.1) is 0 Å². The lowest BCUT2D eigenvalue weighted by atomic mass is 9.64. The summed E-state index contributed by atoms with van der Waals surface area (Å²) >= 11 is 0. The molecule has 3 aliphatic rings. The largest absolute Gasteiger partial charge is 0.344 e. The molecule has 348 valence electrons. The lowest BCUT2D eigenvalue weighted by Crippen LogP contribution is -2.36. The summed E-state index contributed by atoms with van der Waals surface area (Å²) in [6.07, 6.45) is -0.357. The van der Waals surface area contributed by atoms with Crippen LogP contribution in [0.2, 0.25) is 0 Å². The van der Waals surface area contributed by atoms with Crippen molar-refractivity contribution in [3.63, 3.8) is 0 Å². The zero-order chi connectivity index (χ0) is 49.0. The van der Waals surface area contributed by atoms with E-state index in [2.05, 4.69) is 283 Å². The van der Waals surface area contributed by atoms with Gasteiger partial charge < -0.3 is 10.2 Å². The van der Waals surface area contributed by atoms with Gasteiger partial charge in [0.1, 0.15) is 12.0 Å². The van der Waals surface area contributed by atoms with Crippen molar-refractivity contribution in [1.82, 2.24) is 5.32 Å². The number of benzene rings is 11. The third kappa shape index (κ3) is 7.14. The number of hydrogen-bond donors (Lipinski definition) is 1. The maximum atomic E-state index is 5.30. The standard InChI is InChI=1S/C70H48N4/c1-4-19-47(20-5-1)49-35-39-51(40-36-49)67-71-68(52-41-37-50(38-42-52)48-21-6-2-7-22-48)73-69(72-67)55-24-18-23-53(45-55)57-27-10-11-28-58(57)54-43-44-60-59-29-12-13-30-61(59)70(64(60)46-54)62-31-14-16-33-65(62)74(56-25-8-3-9-26-56)66-34-17-15-32-63(66)70/h1-46,67H,(H,71,72,73). The number of nitrogens with one attached hydrogen (secondary N) is 1. The molecule has 2 aliphatic heterocycles. The van der Waals surface area contributed by atoms with Crippen LogP contribution in [0.3, 0.4) is 0 Å². The maximum absolute atomic E-state index is 5.30. The minimum atomic E-state index is -0.556. The number of anilines is 3. The van der Waals surface area contributed by atoms with Gasteiger partial charge in [0.25, 0.3) is 0 Å². The Hall–Kier alpha value is -9.64. The number of hydrogen-bond acceptors (Lipinski definition) is 4. The van der Waals surface area contributed by atoms with Crippen LogP contribution in [0, 0.1) is 0 Å². The molecule has 1 spiro atoms. The molecule has 4 heteroatoms. The summed E-state index contributed by atoms with van der Waals surface area (Å²) in [5, 5.41) is 3.77. The number of amidine groups is 2. The molecule has 0 fully saturated rings. The minimum Gasteiger partial charge on any atom is -0.344 e. The topological polar surface area (TPSA) is 40.0 Å². The summed E-state index contributed by atoms with van der Waals surface area (Å²) in [6.45, 7) is 0. The number of rotatable bonds is 8. The van der Waals surface area contributed by atoms with Crippen molar-refractivity contribution in [3.8, 4) is 55.6 Å². The smallest absolute Gasteiger partial charge is 0.159 e. The van der Waals surface area contributed by atoms with Gasteiger partial charge in [0.2, 0.25) is 0 Å². The Labute approximate surface area is 432 Å². The van der Waals surface area contributed by atoms with Gasteiger partial charge in [-0.1, -0.05) is 243 Å². The van der Waals surface area contributed by atoms with Crippen molar-refractivity contribution in [2.45, 2.75) is 11.6 Å². The van der Waals surface area contributed by atoms with Gasteiger partial charge in [-0.25, -0.2) is 9.98 Å². The summed E-state index contributed by atoms with van der Waals surface area (Å²) < 4.78 is 0. The van der Waals surface area contributed by atoms with Crippen molar-refractivity contribution in [1.29, 1.82) is 0 Å². The molecule has 4 nitrogen and oxygen atoms in total. The Kier molecular flexibility index (Phi) is 10.4. The number of para-hydroxylation sites is 3. The maximum Gasteiger partial charge on any atom is 0.159 e. The highest BCUT2D eigenvalue weighted by Crippen LogP contribution is 2.63. The highest BCUT2D eigenvalue weighted by atomic mass is 15.2. The quantitative estimate of drug-likeness (QED) is 0.165. The fourth-order valence-electron chi connectivity index (χ4n) is 11.8. The van der Waals surface area contributed by atoms with Crippen LogP contribution in [0.1, 0.15) is 45.1 Å². The normalized spacial score (nSPS) is 14.7. The van der Waals surface area contributed by atoms with Gasteiger partial charge in [0, 0.05) is 16.8 Å². The second-order valence-corrected chi connectivity index (χ2v) is 19.3. The lowest BCUT2D eigenvalue weighted by Gasteiger charge is -2.45. The van der Waals surface area contributed by atoms with Crippen LogP contribution in [0.4, 0.5) is 17.1 Å². The number of aliphatic imine (C=N–C) groups is 2. The molecule has 74 heavy (non-hydrogen) atoms. The fraction of sp³-hybridized carbons (Fsp3) is 0.0286. The Morgan fingerprint density at radius 1 is 0.324 bits per heavy atom. The first-order chi connectivity index (χ1) is 36.7. The predicted octanol–water partition coefficient (Wildman–Crippen LogP) is 17.0. The summed E-state index contributed by atoms with van der Waals surface area (Å²) in [6, 6.07) is 101. The van der Waals surface area contributed by atoms with Gasteiger partial charge in [0.15, 0.2) is 5.84 Å². The molecule has 1 atom stereocenters. The molecular formula is C70H48N4. The van der Waals surface area contributed by atoms with Crippen LogP contribution in [-0.2, 0) is 5.41 Å². The molecular weight excluding hydrogens is 897 g/mol. The van der Waals surface area contributed by atoms with Crippen molar-refractivity contribution < 1.29 is 0 Å².